The minimum atomic E-state index is -0.0923. The van der Waals surface area contributed by atoms with E-state index in [4.69, 9.17) is 11.6 Å². The van der Waals surface area contributed by atoms with E-state index in [0.717, 1.165) is 55.6 Å². The van der Waals surface area contributed by atoms with Crippen LogP contribution in [0.5, 0.6) is 0 Å². The van der Waals surface area contributed by atoms with Gasteiger partial charge in [0, 0.05) is 67.8 Å². The molecule has 0 unspecified atom stereocenters. The number of amides is 1. The van der Waals surface area contributed by atoms with Gasteiger partial charge in [-0.3, -0.25) is 19.2 Å². The van der Waals surface area contributed by atoms with Crippen LogP contribution in [-0.2, 0) is 0 Å². The highest BCUT2D eigenvalue weighted by Crippen LogP contribution is 2.35. The Balaban J connectivity index is 1.41. The Bertz CT molecular complexity index is 1220. The zero-order chi connectivity index (χ0) is 25.3. The Labute approximate surface area is 218 Å². The van der Waals surface area contributed by atoms with E-state index >= 15 is 0 Å². The van der Waals surface area contributed by atoms with Crippen LogP contribution in [0.15, 0.2) is 36.7 Å². The van der Waals surface area contributed by atoms with Gasteiger partial charge in [0.15, 0.2) is 0 Å². The van der Waals surface area contributed by atoms with E-state index in [-0.39, 0.29) is 11.4 Å². The lowest BCUT2D eigenvalue weighted by Crippen LogP contribution is -2.62. The number of aromatic nitrogens is 3. The van der Waals surface area contributed by atoms with E-state index in [1.165, 1.54) is 19.3 Å². The minimum Gasteiger partial charge on any atom is -0.350 e. The summed E-state index contributed by atoms with van der Waals surface area (Å²) in [7, 11) is 0. The van der Waals surface area contributed by atoms with Gasteiger partial charge < -0.3 is 5.32 Å². The Hall–Kier alpha value is -2.48. The van der Waals surface area contributed by atoms with Crippen molar-refractivity contribution in [1.29, 1.82) is 0 Å². The molecule has 2 fully saturated rings. The fourth-order valence-corrected chi connectivity index (χ4v) is 6.27. The lowest BCUT2D eigenvalue weighted by atomic mass is 9.79. The molecule has 1 saturated carbocycles. The van der Waals surface area contributed by atoms with Gasteiger partial charge in [0.2, 0.25) is 5.95 Å². The highest BCUT2D eigenvalue weighted by Gasteiger charge is 2.40. The van der Waals surface area contributed by atoms with Gasteiger partial charge in [-0.05, 0) is 51.8 Å². The molecule has 3 heterocycles. The number of fused-ring (bicyclic) bond motifs is 1. The van der Waals surface area contributed by atoms with Crippen LogP contribution in [0, 0.1) is 6.92 Å². The Morgan fingerprint density at radius 1 is 1.11 bits per heavy atom. The summed E-state index contributed by atoms with van der Waals surface area (Å²) in [5.41, 5.74) is 2.29. The maximum absolute atomic E-state index is 13.7. The van der Waals surface area contributed by atoms with Crippen molar-refractivity contribution in [3.63, 3.8) is 0 Å². The SMILES string of the molecule is Cc1ccnc(-n2cc(C(=O)NCC3(N4CCN(C(C)C)CC4)CCCCC3)c3c(Cl)cccc32)n1. The minimum absolute atomic E-state index is 0.0266. The van der Waals surface area contributed by atoms with Crippen molar-refractivity contribution >= 4 is 28.4 Å². The maximum Gasteiger partial charge on any atom is 0.253 e. The maximum atomic E-state index is 13.7. The highest BCUT2D eigenvalue weighted by molar-refractivity contribution is 6.37. The Morgan fingerprint density at radius 3 is 2.56 bits per heavy atom. The zero-order valence-corrected chi connectivity index (χ0v) is 22.4. The standard InChI is InChI=1S/C28H37ClN6O/c1-20(2)33-14-16-34(17-15-33)28(11-5-4-6-12-28)19-31-26(36)22-18-35(27-30-13-10-21(3)32-27)24-9-7-8-23(29)25(22)24/h7-10,13,18,20H,4-6,11-12,14-17,19H2,1-3H3,(H,31,36). The molecule has 0 radical (unpaired) electrons. The molecule has 0 atom stereocenters. The van der Waals surface area contributed by atoms with Crippen LogP contribution in [0.4, 0.5) is 0 Å². The van der Waals surface area contributed by atoms with Crippen LogP contribution in [0.25, 0.3) is 16.9 Å². The number of hydrogen-bond donors (Lipinski definition) is 1. The number of aryl methyl sites for hydroxylation is 1. The summed E-state index contributed by atoms with van der Waals surface area (Å²) in [6.45, 7) is 11.4. The van der Waals surface area contributed by atoms with Crippen LogP contribution in [0.1, 0.15) is 62.0 Å². The second kappa shape index (κ2) is 10.5. The topological polar surface area (TPSA) is 66.3 Å². The van der Waals surface area contributed by atoms with Crippen molar-refractivity contribution < 1.29 is 4.79 Å². The van der Waals surface area contributed by atoms with Gasteiger partial charge in [0.25, 0.3) is 5.91 Å². The summed E-state index contributed by atoms with van der Waals surface area (Å²) < 4.78 is 1.87. The third kappa shape index (κ3) is 4.89. The number of nitrogens with zero attached hydrogens (tertiary/aromatic N) is 5. The number of nitrogens with one attached hydrogen (secondary N) is 1. The van der Waals surface area contributed by atoms with E-state index < -0.39 is 0 Å². The molecule has 5 rings (SSSR count). The van der Waals surface area contributed by atoms with Crippen molar-refractivity contribution in [3.8, 4) is 5.95 Å². The smallest absolute Gasteiger partial charge is 0.253 e. The second-order valence-corrected chi connectivity index (χ2v) is 11.0. The fraction of sp³-hybridized carbons (Fsp3) is 0.536. The molecule has 1 aliphatic carbocycles. The predicted molar refractivity (Wildman–Crippen MR) is 145 cm³/mol. The molecule has 7 nitrogen and oxygen atoms in total. The van der Waals surface area contributed by atoms with E-state index in [2.05, 4.69) is 38.9 Å². The van der Waals surface area contributed by atoms with Crippen molar-refractivity contribution in [3.05, 3.63) is 52.9 Å². The van der Waals surface area contributed by atoms with Crippen molar-refractivity contribution in [1.82, 2.24) is 29.7 Å². The Kier molecular flexibility index (Phi) is 7.33. The molecule has 3 aromatic rings. The van der Waals surface area contributed by atoms with Gasteiger partial charge in [0.05, 0.1) is 16.1 Å². The van der Waals surface area contributed by atoms with Gasteiger partial charge >= 0.3 is 0 Å². The lowest BCUT2D eigenvalue weighted by molar-refractivity contribution is 0.000839. The summed E-state index contributed by atoms with van der Waals surface area (Å²) in [4.78, 5) is 27.9. The summed E-state index contributed by atoms with van der Waals surface area (Å²) in [6.07, 6.45) is 9.55. The number of carbonyl (C=O) groups excluding carboxylic acids is 1. The first-order chi connectivity index (χ1) is 17.4. The largest absolute Gasteiger partial charge is 0.350 e. The van der Waals surface area contributed by atoms with Gasteiger partial charge in [-0.15, -0.1) is 0 Å². The van der Waals surface area contributed by atoms with E-state index in [1.54, 1.807) is 6.20 Å². The number of hydrogen-bond acceptors (Lipinski definition) is 5. The quantitative estimate of drug-likeness (QED) is 0.516. The van der Waals surface area contributed by atoms with E-state index in [1.807, 2.05) is 42.0 Å². The first-order valence-corrected chi connectivity index (χ1v) is 13.6. The number of piperazine rings is 1. The first kappa shape index (κ1) is 25.2. The molecule has 1 saturated heterocycles. The van der Waals surface area contributed by atoms with Gasteiger partial charge in [-0.2, -0.15) is 0 Å². The average Bonchev–Trinajstić information content (AvgIpc) is 3.29. The number of benzene rings is 1. The number of halogens is 1. The van der Waals surface area contributed by atoms with Gasteiger partial charge in [0.1, 0.15) is 0 Å². The molecular formula is C28H37ClN6O. The number of carbonyl (C=O) groups is 1. The van der Waals surface area contributed by atoms with E-state index in [9.17, 15) is 4.79 Å². The molecule has 8 heteroatoms. The van der Waals surface area contributed by atoms with E-state index in [0.29, 0.717) is 29.1 Å². The van der Waals surface area contributed by atoms with Crippen LogP contribution in [-0.4, -0.2) is 74.5 Å². The lowest BCUT2D eigenvalue weighted by Gasteiger charge is -2.50. The molecule has 192 valence electrons. The predicted octanol–water partition coefficient (Wildman–Crippen LogP) is 4.84. The molecular weight excluding hydrogens is 472 g/mol. The molecule has 0 bridgehead atoms. The normalized spacial score (nSPS) is 19.1. The third-order valence-electron chi connectivity index (χ3n) is 8.10. The van der Waals surface area contributed by atoms with Crippen LogP contribution < -0.4 is 5.32 Å². The summed E-state index contributed by atoms with van der Waals surface area (Å²) in [5.74, 6) is 0.443. The molecule has 1 amide bonds. The molecule has 36 heavy (non-hydrogen) atoms. The molecule has 2 aliphatic rings. The second-order valence-electron chi connectivity index (χ2n) is 10.6. The molecule has 2 aromatic heterocycles. The third-order valence-corrected chi connectivity index (χ3v) is 8.41. The molecule has 1 N–H and O–H groups in total. The van der Waals surface area contributed by atoms with Crippen molar-refractivity contribution in [2.75, 3.05) is 32.7 Å². The van der Waals surface area contributed by atoms with Gasteiger partial charge in [-0.1, -0.05) is 36.9 Å². The molecule has 1 aliphatic heterocycles. The summed E-state index contributed by atoms with van der Waals surface area (Å²) >= 11 is 6.63. The molecule has 0 spiro atoms. The highest BCUT2D eigenvalue weighted by atomic mass is 35.5. The van der Waals surface area contributed by atoms with Crippen LogP contribution >= 0.6 is 11.6 Å². The van der Waals surface area contributed by atoms with Crippen LogP contribution in [0.2, 0.25) is 5.02 Å². The van der Waals surface area contributed by atoms with Crippen molar-refractivity contribution in [2.24, 2.45) is 0 Å². The summed E-state index contributed by atoms with van der Waals surface area (Å²) in [6, 6.07) is 8.13. The van der Waals surface area contributed by atoms with Crippen LogP contribution in [0.3, 0.4) is 0 Å². The first-order valence-electron chi connectivity index (χ1n) is 13.2. The summed E-state index contributed by atoms with van der Waals surface area (Å²) in [5, 5.41) is 4.63. The average molecular weight is 509 g/mol. The monoisotopic (exact) mass is 508 g/mol. The van der Waals surface area contributed by atoms with Crippen molar-refractivity contribution in [2.45, 2.75) is 64.5 Å². The Morgan fingerprint density at radius 2 is 1.86 bits per heavy atom. The van der Waals surface area contributed by atoms with Gasteiger partial charge in [-0.25, -0.2) is 9.97 Å². The number of rotatable bonds is 6. The fourth-order valence-electron chi connectivity index (χ4n) is 6.00. The molecule has 1 aromatic carbocycles. The zero-order valence-electron chi connectivity index (χ0n) is 21.6.